The van der Waals surface area contributed by atoms with Crippen LogP contribution in [0, 0.1) is 10.1 Å². The molecule has 0 amide bonds. The fourth-order valence-corrected chi connectivity index (χ4v) is 2.03. The van der Waals surface area contributed by atoms with Gasteiger partial charge in [0.25, 0.3) is 0 Å². The van der Waals surface area contributed by atoms with Gasteiger partial charge in [0, 0.05) is 31.9 Å². The first-order valence-electron chi connectivity index (χ1n) is 5.71. The van der Waals surface area contributed by atoms with Crippen molar-refractivity contribution in [2.24, 2.45) is 0 Å². The minimum Gasteiger partial charge on any atom is -0.350 e. The second-order valence-electron chi connectivity index (χ2n) is 4.25. The summed E-state index contributed by atoms with van der Waals surface area (Å²) in [5.41, 5.74) is 0.0945. The molecule has 17 heavy (non-hydrogen) atoms. The van der Waals surface area contributed by atoms with E-state index in [0.29, 0.717) is 5.82 Å². The molecule has 2 heterocycles. The summed E-state index contributed by atoms with van der Waals surface area (Å²) < 4.78 is 0. The van der Waals surface area contributed by atoms with Crippen LogP contribution in [0.1, 0.15) is 6.42 Å². The van der Waals surface area contributed by atoms with Crippen LogP contribution in [0.4, 0.5) is 11.5 Å². The van der Waals surface area contributed by atoms with E-state index >= 15 is 0 Å². The number of aromatic nitrogens is 1. The van der Waals surface area contributed by atoms with E-state index in [9.17, 15) is 10.1 Å². The Morgan fingerprint density at radius 2 is 2.18 bits per heavy atom. The Morgan fingerprint density at radius 1 is 1.35 bits per heavy atom. The molecular weight excluding hydrogens is 220 g/mol. The molecule has 0 atom stereocenters. The fraction of sp³-hybridized carbons (Fsp3) is 0.545. The zero-order valence-corrected chi connectivity index (χ0v) is 9.87. The number of hydrogen-bond donors (Lipinski definition) is 0. The lowest BCUT2D eigenvalue weighted by atomic mass is 10.3. The van der Waals surface area contributed by atoms with Crippen LogP contribution in [0.2, 0.25) is 0 Å². The quantitative estimate of drug-likeness (QED) is 0.569. The molecule has 0 saturated carbocycles. The number of pyridine rings is 1. The van der Waals surface area contributed by atoms with E-state index in [1.54, 1.807) is 12.3 Å². The molecule has 0 bridgehead atoms. The summed E-state index contributed by atoms with van der Waals surface area (Å²) in [5, 5.41) is 10.9. The van der Waals surface area contributed by atoms with Crippen molar-refractivity contribution in [3.8, 4) is 0 Å². The lowest BCUT2D eigenvalue weighted by Crippen LogP contribution is -2.29. The molecule has 92 valence electrons. The maximum Gasteiger partial charge on any atom is 0.311 e. The van der Waals surface area contributed by atoms with Gasteiger partial charge in [-0.2, -0.15) is 0 Å². The van der Waals surface area contributed by atoms with E-state index in [1.807, 2.05) is 4.90 Å². The first-order valence-corrected chi connectivity index (χ1v) is 5.71. The standard InChI is InChI=1S/C11H16N4O2/c1-13-6-3-7-14(9-8-13)11-10(15(16)17)4-2-5-12-11/h2,4-5H,3,6-9H2,1H3. The van der Waals surface area contributed by atoms with E-state index in [4.69, 9.17) is 0 Å². The van der Waals surface area contributed by atoms with Gasteiger partial charge in [0.2, 0.25) is 5.82 Å². The molecule has 0 N–H and O–H groups in total. The van der Waals surface area contributed by atoms with Gasteiger partial charge in [-0.15, -0.1) is 0 Å². The monoisotopic (exact) mass is 236 g/mol. The van der Waals surface area contributed by atoms with Crippen molar-refractivity contribution in [2.75, 3.05) is 38.1 Å². The zero-order chi connectivity index (χ0) is 12.3. The largest absolute Gasteiger partial charge is 0.350 e. The molecular formula is C11H16N4O2. The van der Waals surface area contributed by atoms with Gasteiger partial charge in [-0.25, -0.2) is 4.98 Å². The number of anilines is 1. The van der Waals surface area contributed by atoms with Crippen molar-refractivity contribution in [2.45, 2.75) is 6.42 Å². The van der Waals surface area contributed by atoms with Crippen molar-refractivity contribution >= 4 is 11.5 Å². The van der Waals surface area contributed by atoms with Gasteiger partial charge in [0.05, 0.1) is 4.92 Å². The Bertz CT molecular complexity index is 410. The van der Waals surface area contributed by atoms with Gasteiger partial charge in [-0.05, 0) is 26.1 Å². The van der Waals surface area contributed by atoms with Gasteiger partial charge in [-0.3, -0.25) is 10.1 Å². The third kappa shape index (κ3) is 2.71. The Hall–Kier alpha value is -1.69. The molecule has 0 aromatic carbocycles. The molecule has 1 aromatic rings. The normalized spacial score (nSPS) is 17.8. The minimum absolute atomic E-state index is 0.0945. The molecule has 1 aliphatic rings. The predicted octanol–water partition coefficient (Wildman–Crippen LogP) is 1.13. The summed E-state index contributed by atoms with van der Waals surface area (Å²) in [6.45, 7) is 3.54. The molecule has 6 heteroatoms. The van der Waals surface area contributed by atoms with Crippen LogP contribution >= 0.6 is 0 Å². The average molecular weight is 236 g/mol. The highest BCUT2D eigenvalue weighted by Crippen LogP contribution is 2.25. The minimum atomic E-state index is -0.364. The summed E-state index contributed by atoms with van der Waals surface area (Å²) in [6.07, 6.45) is 2.61. The molecule has 6 nitrogen and oxygen atoms in total. The topological polar surface area (TPSA) is 62.5 Å². The van der Waals surface area contributed by atoms with Crippen LogP contribution in [0.25, 0.3) is 0 Å². The van der Waals surface area contributed by atoms with Gasteiger partial charge < -0.3 is 9.80 Å². The van der Waals surface area contributed by atoms with E-state index < -0.39 is 0 Å². The second kappa shape index (κ2) is 5.09. The molecule has 0 spiro atoms. The van der Waals surface area contributed by atoms with Crippen LogP contribution in [0.5, 0.6) is 0 Å². The summed E-state index contributed by atoms with van der Waals surface area (Å²) >= 11 is 0. The van der Waals surface area contributed by atoms with Crippen molar-refractivity contribution in [3.63, 3.8) is 0 Å². The van der Waals surface area contributed by atoms with Crippen molar-refractivity contribution in [1.82, 2.24) is 9.88 Å². The number of nitro groups is 1. The fourth-order valence-electron chi connectivity index (χ4n) is 2.03. The summed E-state index contributed by atoms with van der Waals surface area (Å²) in [4.78, 5) is 19.0. The zero-order valence-electron chi connectivity index (χ0n) is 9.87. The summed E-state index contributed by atoms with van der Waals surface area (Å²) in [6, 6.07) is 3.11. The van der Waals surface area contributed by atoms with Crippen LogP contribution in [-0.2, 0) is 0 Å². The first kappa shape index (κ1) is 11.8. The van der Waals surface area contributed by atoms with Gasteiger partial charge in [0.15, 0.2) is 0 Å². The maximum atomic E-state index is 10.9. The smallest absolute Gasteiger partial charge is 0.311 e. The molecule has 1 saturated heterocycles. The number of rotatable bonds is 2. The van der Waals surface area contributed by atoms with Gasteiger partial charge in [-0.1, -0.05) is 0 Å². The SMILES string of the molecule is CN1CCCN(c2ncccc2[N+](=O)[O-])CC1. The number of likely N-dealkylation sites (N-methyl/N-ethyl adjacent to an activating group) is 1. The molecule has 1 aliphatic heterocycles. The van der Waals surface area contributed by atoms with Crippen LogP contribution in [0.3, 0.4) is 0 Å². The molecule has 2 rings (SSSR count). The third-order valence-corrected chi connectivity index (χ3v) is 2.98. The Labute approximate surface area is 100 Å². The number of nitrogens with zero attached hydrogens (tertiary/aromatic N) is 4. The molecule has 0 radical (unpaired) electrons. The summed E-state index contributed by atoms with van der Waals surface area (Å²) in [7, 11) is 2.07. The highest BCUT2D eigenvalue weighted by atomic mass is 16.6. The molecule has 1 aromatic heterocycles. The van der Waals surface area contributed by atoms with Crippen molar-refractivity contribution in [3.05, 3.63) is 28.4 Å². The lowest BCUT2D eigenvalue weighted by molar-refractivity contribution is -0.384. The van der Waals surface area contributed by atoms with E-state index in [-0.39, 0.29) is 10.6 Å². The van der Waals surface area contributed by atoms with E-state index in [2.05, 4.69) is 16.9 Å². The van der Waals surface area contributed by atoms with Crippen LogP contribution in [-0.4, -0.2) is 48.0 Å². The van der Waals surface area contributed by atoms with Gasteiger partial charge in [0.1, 0.15) is 0 Å². The Morgan fingerprint density at radius 3 is 2.94 bits per heavy atom. The van der Waals surface area contributed by atoms with Crippen molar-refractivity contribution in [1.29, 1.82) is 0 Å². The molecule has 0 aliphatic carbocycles. The predicted molar refractivity (Wildman–Crippen MR) is 65.2 cm³/mol. The van der Waals surface area contributed by atoms with Crippen LogP contribution in [0.15, 0.2) is 18.3 Å². The lowest BCUT2D eigenvalue weighted by Gasteiger charge is -2.20. The average Bonchev–Trinajstić information content (AvgIpc) is 2.54. The Balaban J connectivity index is 2.24. The first-order chi connectivity index (χ1) is 8.18. The third-order valence-electron chi connectivity index (χ3n) is 2.98. The highest BCUT2D eigenvalue weighted by molar-refractivity contribution is 5.57. The number of hydrogen-bond acceptors (Lipinski definition) is 5. The van der Waals surface area contributed by atoms with Crippen LogP contribution < -0.4 is 4.90 Å². The van der Waals surface area contributed by atoms with E-state index in [0.717, 1.165) is 32.6 Å². The second-order valence-corrected chi connectivity index (χ2v) is 4.25. The Kier molecular flexibility index (Phi) is 3.53. The highest BCUT2D eigenvalue weighted by Gasteiger charge is 2.22. The summed E-state index contributed by atoms with van der Waals surface area (Å²) in [5.74, 6) is 0.493. The van der Waals surface area contributed by atoms with Crippen molar-refractivity contribution < 1.29 is 4.92 Å². The molecule has 1 fully saturated rings. The van der Waals surface area contributed by atoms with E-state index in [1.165, 1.54) is 6.07 Å². The van der Waals surface area contributed by atoms with Gasteiger partial charge >= 0.3 is 5.69 Å². The maximum absolute atomic E-state index is 10.9. The molecule has 0 unspecified atom stereocenters.